The quantitative estimate of drug-likeness (QED) is 0.574. The minimum absolute atomic E-state index is 0.0381. The average Bonchev–Trinajstić information content (AvgIpc) is 2.83. The maximum atomic E-state index is 12.1. The van der Waals surface area contributed by atoms with E-state index in [1.807, 2.05) is 0 Å². The van der Waals surface area contributed by atoms with Crippen LogP contribution in [-0.4, -0.2) is 44.6 Å². The Kier molecular flexibility index (Phi) is 5.41. The highest BCUT2D eigenvalue weighted by Gasteiger charge is 2.22. The zero-order valence-electron chi connectivity index (χ0n) is 14.4. The van der Waals surface area contributed by atoms with Gasteiger partial charge in [-0.15, -0.1) is 0 Å². The number of esters is 1. The van der Waals surface area contributed by atoms with Crippen LogP contribution in [-0.2, 0) is 32.1 Å². The molecule has 8 heteroatoms. The molecule has 0 spiro atoms. The fourth-order valence-electron chi connectivity index (χ4n) is 2.51. The molecule has 2 rings (SSSR count). The molecule has 0 aliphatic heterocycles. The number of carbonyl (C=O) groups is 3. The summed E-state index contributed by atoms with van der Waals surface area (Å²) < 4.78 is 6.94. The Morgan fingerprint density at radius 3 is 2.76 bits per heavy atom. The van der Waals surface area contributed by atoms with E-state index in [1.54, 1.807) is 49.9 Å². The zero-order chi connectivity index (χ0) is 18.6. The van der Waals surface area contributed by atoms with Crippen molar-refractivity contribution < 1.29 is 24.2 Å². The van der Waals surface area contributed by atoms with Crippen LogP contribution in [0, 0.1) is 0 Å². The van der Waals surface area contributed by atoms with Crippen LogP contribution in [0.25, 0.3) is 11.0 Å². The van der Waals surface area contributed by atoms with Crippen molar-refractivity contribution in [3.63, 3.8) is 0 Å². The Labute approximate surface area is 144 Å². The first-order valence-corrected chi connectivity index (χ1v) is 7.78. The van der Waals surface area contributed by atoms with Gasteiger partial charge in [0.25, 0.3) is 0 Å². The van der Waals surface area contributed by atoms with Gasteiger partial charge in [0, 0.05) is 24.2 Å². The molecule has 1 atom stereocenters. The number of hydrogen-bond donors (Lipinski definition) is 2. The van der Waals surface area contributed by atoms with Crippen LogP contribution >= 0.6 is 0 Å². The lowest BCUT2D eigenvalue weighted by Crippen LogP contribution is -2.37. The van der Waals surface area contributed by atoms with E-state index >= 15 is 0 Å². The van der Waals surface area contributed by atoms with Gasteiger partial charge in [0.05, 0.1) is 0 Å². The number of nitrogens with one attached hydrogen (secondary N) is 1. The Hall–Kier alpha value is -2.90. The second-order valence-electron chi connectivity index (χ2n) is 6.62. The average molecular weight is 347 g/mol. The Morgan fingerprint density at radius 1 is 1.44 bits per heavy atom. The molecule has 2 aromatic heterocycles. The molecule has 8 nitrogen and oxygen atoms in total. The summed E-state index contributed by atoms with van der Waals surface area (Å²) in [5, 5.41) is 12.2. The summed E-state index contributed by atoms with van der Waals surface area (Å²) in [7, 11) is 0. The summed E-state index contributed by atoms with van der Waals surface area (Å²) >= 11 is 0. The van der Waals surface area contributed by atoms with Gasteiger partial charge in [-0.1, -0.05) is 0 Å². The van der Waals surface area contributed by atoms with Crippen molar-refractivity contribution >= 4 is 29.4 Å². The number of hydrogen-bond acceptors (Lipinski definition) is 5. The lowest BCUT2D eigenvalue weighted by molar-refractivity contribution is -0.155. The van der Waals surface area contributed by atoms with Gasteiger partial charge in [0.2, 0.25) is 6.41 Å². The predicted molar refractivity (Wildman–Crippen MR) is 89.9 cm³/mol. The standard InChI is InChI=1S/C17H21N3O5/c1-17(2,3)25-14(22)9-20-8-11(7-13(16(23)24)19-10-21)12-5-4-6-18-15(12)20/h4-6,8,10,13H,7,9H2,1-3H3,(H,19,21)(H,23,24). The monoisotopic (exact) mass is 347 g/mol. The van der Waals surface area contributed by atoms with Crippen molar-refractivity contribution in [2.75, 3.05) is 0 Å². The number of ether oxygens (including phenoxy) is 1. The van der Waals surface area contributed by atoms with Gasteiger partial charge in [0.1, 0.15) is 23.8 Å². The van der Waals surface area contributed by atoms with Crippen molar-refractivity contribution in [2.24, 2.45) is 0 Å². The smallest absolute Gasteiger partial charge is 0.326 e. The highest BCUT2D eigenvalue weighted by molar-refractivity contribution is 5.84. The van der Waals surface area contributed by atoms with E-state index in [2.05, 4.69) is 10.3 Å². The number of nitrogens with zero attached hydrogens (tertiary/aromatic N) is 2. The third-order valence-corrected chi connectivity index (χ3v) is 3.43. The second-order valence-corrected chi connectivity index (χ2v) is 6.62. The number of amides is 1. The fourth-order valence-corrected chi connectivity index (χ4v) is 2.51. The molecule has 2 aromatic rings. The molecule has 0 aliphatic rings. The molecule has 25 heavy (non-hydrogen) atoms. The predicted octanol–water partition coefficient (Wildman–Crippen LogP) is 1.12. The minimum Gasteiger partial charge on any atom is -0.480 e. The second kappa shape index (κ2) is 7.33. The molecule has 134 valence electrons. The van der Waals surface area contributed by atoms with Gasteiger partial charge in [0.15, 0.2) is 0 Å². The van der Waals surface area contributed by atoms with E-state index in [9.17, 15) is 19.5 Å². The van der Waals surface area contributed by atoms with Crippen LogP contribution in [0.4, 0.5) is 0 Å². The first kappa shape index (κ1) is 18.4. The topological polar surface area (TPSA) is 111 Å². The first-order chi connectivity index (χ1) is 11.7. The van der Waals surface area contributed by atoms with Gasteiger partial charge in [-0.3, -0.25) is 9.59 Å². The fraction of sp³-hybridized carbons (Fsp3) is 0.412. The van der Waals surface area contributed by atoms with Gasteiger partial charge in [-0.05, 0) is 38.5 Å². The van der Waals surface area contributed by atoms with Gasteiger partial charge in [-0.2, -0.15) is 0 Å². The summed E-state index contributed by atoms with van der Waals surface area (Å²) in [5.41, 5.74) is 0.630. The Bertz CT molecular complexity index is 791. The van der Waals surface area contributed by atoms with Crippen molar-refractivity contribution in [3.05, 3.63) is 30.1 Å². The first-order valence-electron chi connectivity index (χ1n) is 7.78. The van der Waals surface area contributed by atoms with Crippen LogP contribution in [0.2, 0.25) is 0 Å². The van der Waals surface area contributed by atoms with E-state index in [-0.39, 0.29) is 13.0 Å². The highest BCUT2D eigenvalue weighted by atomic mass is 16.6. The maximum absolute atomic E-state index is 12.1. The van der Waals surface area contributed by atoms with Crippen LogP contribution in [0.15, 0.2) is 24.5 Å². The number of carboxylic acids is 1. The maximum Gasteiger partial charge on any atom is 0.326 e. The Balaban J connectivity index is 2.32. The van der Waals surface area contributed by atoms with Crippen LogP contribution < -0.4 is 5.32 Å². The highest BCUT2D eigenvalue weighted by Crippen LogP contribution is 2.21. The third kappa shape index (κ3) is 4.79. The summed E-state index contributed by atoms with van der Waals surface area (Å²) in [4.78, 5) is 38.2. The van der Waals surface area contributed by atoms with Crippen molar-refractivity contribution in [2.45, 2.75) is 45.4 Å². The number of aliphatic carboxylic acids is 1. The molecule has 1 amide bonds. The van der Waals surface area contributed by atoms with Gasteiger partial charge >= 0.3 is 11.9 Å². The molecule has 2 heterocycles. The molecular weight excluding hydrogens is 326 g/mol. The van der Waals surface area contributed by atoms with E-state index in [1.165, 1.54) is 0 Å². The summed E-state index contributed by atoms with van der Waals surface area (Å²) in [6.45, 7) is 5.31. The lowest BCUT2D eigenvalue weighted by atomic mass is 10.1. The van der Waals surface area contributed by atoms with E-state index in [4.69, 9.17) is 4.74 Å². The van der Waals surface area contributed by atoms with Crippen molar-refractivity contribution in [3.8, 4) is 0 Å². The van der Waals surface area contributed by atoms with Gasteiger partial charge in [-0.25, -0.2) is 9.78 Å². The molecule has 0 saturated heterocycles. The lowest BCUT2D eigenvalue weighted by Gasteiger charge is -2.19. The van der Waals surface area contributed by atoms with Gasteiger partial charge < -0.3 is 19.7 Å². The van der Waals surface area contributed by atoms with Crippen LogP contribution in [0.1, 0.15) is 26.3 Å². The molecule has 1 unspecified atom stereocenters. The minimum atomic E-state index is -1.14. The molecule has 0 aliphatic carbocycles. The third-order valence-electron chi connectivity index (χ3n) is 3.43. The summed E-state index contributed by atoms with van der Waals surface area (Å²) in [6, 6.07) is 2.47. The van der Waals surface area contributed by atoms with E-state index < -0.39 is 23.6 Å². The number of pyridine rings is 1. The van der Waals surface area contributed by atoms with E-state index in [0.29, 0.717) is 17.6 Å². The molecule has 2 N–H and O–H groups in total. The number of carbonyl (C=O) groups excluding carboxylic acids is 2. The molecule has 0 radical (unpaired) electrons. The Morgan fingerprint density at radius 2 is 2.16 bits per heavy atom. The molecule has 0 saturated carbocycles. The molecule has 0 fully saturated rings. The normalized spacial score (nSPS) is 12.6. The largest absolute Gasteiger partial charge is 0.480 e. The number of fused-ring (bicyclic) bond motifs is 1. The SMILES string of the molecule is CC(C)(C)OC(=O)Cn1cc(CC(NC=O)C(=O)O)c2cccnc21. The molecule has 0 aromatic carbocycles. The summed E-state index contributed by atoms with van der Waals surface area (Å²) in [5.74, 6) is -1.55. The molecular formula is C17H21N3O5. The number of rotatable bonds is 7. The number of aromatic nitrogens is 2. The van der Waals surface area contributed by atoms with Crippen molar-refractivity contribution in [1.29, 1.82) is 0 Å². The number of carboxylic acid groups (broad SMARTS) is 1. The van der Waals surface area contributed by atoms with Crippen LogP contribution in [0.5, 0.6) is 0 Å². The van der Waals surface area contributed by atoms with Crippen LogP contribution in [0.3, 0.4) is 0 Å². The molecule has 0 bridgehead atoms. The zero-order valence-corrected chi connectivity index (χ0v) is 14.4. The van der Waals surface area contributed by atoms with Crippen molar-refractivity contribution in [1.82, 2.24) is 14.9 Å². The van der Waals surface area contributed by atoms with E-state index in [0.717, 1.165) is 5.39 Å². The summed E-state index contributed by atoms with van der Waals surface area (Å²) in [6.07, 6.45) is 3.70.